The van der Waals surface area contributed by atoms with Crippen LogP contribution in [0.1, 0.15) is 46.1 Å². The summed E-state index contributed by atoms with van der Waals surface area (Å²) in [5.41, 5.74) is 0.959. The summed E-state index contributed by atoms with van der Waals surface area (Å²) in [5, 5.41) is 8.91. The Balaban J connectivity index is 0.00000232. The molecule has 0 aliphatic carbocycles. The number of methoxy groups -OCH3 is 2. The zero-order valence-electron chi connectivity index (χ0n) is 15.1. The van der Waals surface area contributed by atoms with Crippen LogP contribution in [0.25, 0.3) is 0 Å². The van der Waals surface area contributed by atoms with Crippen LogP contribution >= 0.6 is 0 Å². The minimum atomic E-state index is -0.308. The van der Waals surface area contributed by atoms with Gasteiger partial charge in [-0.3, -0.25) is 4.79 Å². The number of hydrogen-bond donors (Lipinski definition) is 1. The Bertz CT molecular complexity index is 445. The van der Waals surface area contributed by atoms with E-state index in [4.69, 9.17) is 19.3 Å². The summed E-state index contributed by atoms with van der Waals surface area (Å²) < 4.78 is 16.0. The smallest absolute Gasteiger partial charge is 0.314 e. The Morgan fingerprint density at radius 3 is 2.09 bits per heavy atom. The number of carbonyl (C=O) groups excluding carboxylic acids is 1. The molecule has 1 aromatic rings. The van der Waals surface area contributed by atoms with Gasteiger partial charge in [-0.15, -0.1) is 0 Å². The molecule has 0 aliphatic rings. The lowest BCUT2D eigenvalue weighted by Gasteiger charge is -2.16. The van der Waals surface area contributed by atoms with E-state index in [1.807, 2.05) is 27.7 Å². The van der Waals surface area contributed by atoms with Gasteiger partial charge < -0.3 is 19.3 Å². The number of aliphatic hydroxyl groups excluding tert-OH is 1. The van der Waals surface area contributed by atoms with Crippen LogP contribution in [-0.4, -0.2) is 31.9 Å². The predicted octanol–water partition coefficient (Wildman–Crippen LogP) is 3.61. The average molecular weight is 326 g/mol. The van der Waals surface area contributed by atoms with Crippen molar-refractivity contribution in [2.45, 2.75) is 47.0 Å². The van der Waals surface area contributed by atoms with Gasteiger partial charge in [0.15, 0.2) is 11.5 Å². The fraction of sp³-hybridized carbons (Fsp3) is 0.611. The standard InChI is InChI=1S/C16H24O5.C2H6/c1-5-11(2)16(18)21-15-13(19-3)9-12(7-6-8-17)10-14(15)20-4;1-2/h9-11,17H,5-8H2,1-4H3;1-2H3. The van der Waals surface area contributed by atoms with Crippen molar-refractivity contribution in [3.8, 4) is 17.2 Å². The molecule has 132 valence electrons. The van der Waals surface area contributed by atoms with Crippen LogP contribution in [0.15, 0.2) is 12.1 Å². The maximum atomic E-state index is 12.0. The highest BCUT2D eigenvalue weighted by Gasteiger charge is 2.20. The Morgan fingerprint density at radius 1 is 1.17 bits per heavy atom. The Hall–Kier alpha value is -1.75. The normalized spacial score (nSPS) is 11.1. The highest BCUT2D eigenvalue weighted by Crippen LogP contribution is 2.39. The summed E-state index contributed by atoms with van der Waals surface area (Å²) in [4.78, 5) is 12.0. The molecule has 1 aromatic carbocycles. The molecule has 0 fully saturated rings. The molecule has 5 heteroatoms. The molecular weight excluding hydrogens is 296 g/mol. The van der Waals surface area contributed by atoms with Gasteiger partial charge in [-0.1, -0.05) is 27.7 Å². The Kier molecular flexibility index (Phi) is 10.9. The van der Waals surface area contributed by atoms with Gasteiger partial charge in [0.25, 0.3) is 0 Å². The van der Waals surface area contributed by atoms with E-state index in [9.17, 15) is 4.79 Å². The van der Waals surface area contributed by atoms with Crippen molar-refractivity contribution in [3.05, 3.63) is 17.7 Å². The highest BCUT2D eigenvalue weighted by atomic mass is 16.6. The molecular formula is C18H30O5. The van der Waals surface area contributed by atoms with Gasteiger partial charge in [-0.2, -0.15) is 0 Å². The molecule has 0 saturated carbocycles. The number of aliphatic hydroxyl groups is 1. The van der Waals surface area contributed by atoms with Crippen molar-refractivity contribution in [2.24, 2.45) is 5.92 Å². The SMILES string of the molecule is CC.CCC(C)C(=O)Oc1c(OC)cc(CCCO)cc1OC. The maximum Gasteiger partial charge on any atom is 0.314 e. The van der Waals surface area contributed by atoms with E-state index in [0.29, 0.717) is 36.5 Å². The third-order valence-electron chi connectivity index (χ3n) is 3.36. The monoisotopic (exact) mass is 326 g/mol. The fourth-order valence-corrected chi connectivity index (χ4v) is 1.83. The van der Waals surface area contributed by atoms with Crippen LogP contribution in [0.3, 0.4) is 0 Å². The van der Waals surface area contributed by atoms with Gasteiger partial charge in [0.1, 0.15) is 0 Å². The van der Waals surface area contributed by atoms with Gasteiger partial charge >= 0.3 is 5.97 Å². The number of benzene rings is 1. The molecule has 1 atom stereocenters. The molecule has 0 heterocycles. The minimum Gasteiger partial charge on any atom is -0.493 e. The van der Waals surface area contributed by atoms with E-state index >= 15 is 0 Å². The zero-order valence-corrected chi connectivity index (χ0v) is 15.1. The molecule has 5 nitrogen and oxygen atoms in total. The number of rotatable bonds is 8. The third-order valence-corrected chi connectivity index (χ3v) is 3.36. The van der Waals surface area contributed by atoms with E-state index in [0.717, 1.165) is 5.56 Å². The summed E-state index contributed by atoms with van der Waals surface area (Å²) in [5.74, 6) is 0.724. The predicted molar refractivity (Wildman–Crippen MR) is 91.4 cm³/mol. The molecule has 1 unspecified atom stereocenters. The van der Waals surface area contributed by atoms with Crippen molar-refractivity contribution < 1.29 is 24.1 Å². The molecule has 0 radical (unpaired) electrons. The first-order valence-electron chi connectivity index (χ1n) is 8.14. The second-order valence-electron chi connectivity index (χ2n) is 4.89. The van der Waals surface area contributed by atoms with Gasteiger partial charge in [0, 0.05) is 6.61 Å². The lowest BCUT2D eigenvalue weighted by Crippen LogP contribution is -2.17. The van der Waals surface area contributed by atoms with Gasteiger partial charge in [-0.05, 0) is 37.0 Å². The molecule has 23 heavy (non-hydrogen) atoms. The summed E-state index contributed by atoms with van der Waals surface area (Å²) in [6, 6.07) is 3.61. The Labute approximate surface area is 139 Å². The number of esters is 1. The zero-order chi connectivity index (χ0) is 17.8. The minimum absolute atomic E-state index is 0.120. The third kappa shape index (κ3) is 6.48. The van der Waals surface area contributed by atoms with Crippen molar-refractivity contribution in [1.82, 2.24) is 0 Å². The van der Waals surface area contributed by atoms with Crippen LogP contribution in [-0.2, 0) is 11.2 Å². The van der Waals surface area contributed by atoms with E-state index in [2.05, 4.69) is 0 Å². The first-order chi connectivity index (χ1) is 11.1. The maximum absolute atomic E-state index is 12.0. The highest BCUT2D eigenvalue weighted by molar-refractivity contribution is 5.76. The quantitative estimate of drug-likeness (QED) is 0.584. The average Bonchev–Trinajstić information content (AvgIpc) is 2.61. The van der Waals surface area contributed by atoms with Crippen LogP contribution in [0.4, 0.5) is 0 Å². The van der Waals surface area contributed by atoms with Crippen molar-refractivity contribution in [3.63, 3.8) is 0 Å². The van der Waals surface area contributed by atoms with Gasteiger partial charge in [0.2, 0.25) is 5.75 Å². The summed E-state index contributed by atoms with van der Waals surface area (Å²) in [6.07, 6.45) is 2.05. The molecule has 0 saturated heterocycles. The van der Waals surface area contributed by atoms with E-state index in [-0.39, 0.29) is 18.5 Å². The second-order valence-corrected chi connectivity index (χ2v) is 4.89. The second kappa shape index (κ2) is 11.8. The summed E-state index contributed by atoms with van der Waals surface area (Å²) >= 11 is 0. The Morgan fingerprint density at radius 2 is 1.70 bits per heavy atom. The summed E-state index contributed by atoms with van der Waals surface area (Å²) in [7, 11) is 3.04. The first kappa shape index (κ1) is 21.2. The molecule has 1 N–H and O–H groups in total. The molecule has 0 amide bonds. The fourth-order valence-electron chi connectivity index (χ4n) is 1.83. The topological polar surface area (TPSA) is 65.0 Å². The lowest BCUT2D eigenvalue weighted by molar-refractivity contribution is -0.138. The molecule has 0 aromatic heterocycles. The summed E-state index contributed by atoms with van der Waals surface area (Å²) in [6.45, 7) is 7.87. The molecule has 0 aliphatic heterocycles. The van der Waals surface area contributed by atoms with Crippen molar-refractivity contribution >= 4 is 5.97 Å². The largest absolute Gasteiger partial charge is 0.493 e. The van der Waals surface area contributed by atoms with E-state index < -0.39 is 0 Å². The molecule has 0 bridgehead atoms. The number of carbonyl (C=O) groups is 1. The van der Waals surface area contributed by atoms with Crippen LogP contribution in [0, 0.1) is 5.92 Å². The van der Waals surface area contributed by atoms with E-state index in [1.165, 1.54) is 14.2 Å². The number of aryl methyl sites for hydroxylation is 1. The van der Waals surface area contributed by atoms with Gasteiger partial charge in [0.05, 0.1) is 20.1 Å². The van der Waals surface area contributed by atoms with Crippen LogP contribution in [0.2, 0.25) is 0 Å². The van der Waals surface area contributed by atoms with E-state index in [1.54, 1.807) is 12.1 Å². The van der Waals surface area contributed by atoms with Crippen LogP contribution in [0.5, 0.6) is 17.2 Å². The molecule has 1 rings (SSSR count). The first-order valence-corrected chi connectivity index (χ1v) is 8.14. The van der Waals surface area contributed by atoms with Crippen molar-refractivity contribution in [1.29, 1.82) is 0 Å². The van der Waals surface area contributed by atoms with Crippen molar-refractivity contribution in [2.75, 3.05) is 20.8 Å². The van der Waals surface area contributed by atoms with Crippen LogP contribution < -0.4 is 14.2 Å². The number of ether oxygens (including phenoxy) is 3. The molecule has 0 spiro atoms. The lowest BCUT2D eigenvalue weighted by atomic mass is 10.1. The number of hydrogen-bond acceptors (Lipinski definition) is 5. The van der Waals surface area contributed by atoms with Gasteiger partial charge in [-0.25, -0.2) is 0 Å².